The van der Waals surface area contributed by atoms with Crippen molar-refractivity contribution < 1.29 is 9.90 Å². The zero-order chi connectivity index (χ0) is 22.0. The van der Waals surface area contributed by atoms with Crippen molar-refractivity contribution >= 4 is 16.8 Å². The number of hydrogen-bond acceptors (Lipinski definition) is 4. The second-order valence-corrected chi connectivity index (χ2v) is 8.82. The lowest BCUT2D eigenvalue weighted by Crippen LogP contribution is -2.49. The molecule has 1 aromatic heterocycles. The summed E-state index contributed by atoms with van der Waals surface area (Å²) < 4.78 is 1.49. The topological polar surface area (TPSA) is 75.4 Å². The third-order valence-corrected chi connectivity index (χ3v) is 6.34. The van der Waals surface area contributed by atoms with Gasteiger partial charge in [-0.15, -0.1) is 0 Å². The molecule has 6 nitrogen and oxygen atoms in total. The molecule has 162 valence electrons. The molecule has 1 N–H and O–H groups in total. The van der Waals surface area contributed by atoms with Gasteiger partial charge in [-0.3, -0.25) is 14.2 Å². The van der Waals surface area contributed by atoms with Crippen molar-refractivity contribution in [3.8, 4) is 0 Å². The van der Waals surface area contributed by atoms with E-state index in [0.717, 1.165) is 11.1 Å². The molecule has 1 aliphatic heterocycles. The van der Waals surface area contributed by atoms with Gasteiger partial charge < -0.3 is 10.0 Å². The first kappa shape index (κ1) is 21.2. The van der Waals surface area contributed by atoms with Crippen LogP contribution in [0.4, 0.5) is 0 Å². The predicted molar refractivity (Wildman–Crippen MR) is 121 cm³/mol. The molecule has 1 fully saturated rings. The number of aliphatic hydroxyl groups is 1. The number of rotatable bonds is 5. The van der Waals surface area contributed by atoms with E-state index in [9.17, 15) is 14.7 Å². The van der Waals surface area contributed by atoms with Gasteiger partial charge in [0, 0.05) is 19.5 Å². The minimum Gasteiger partial charge on any atom is -0.388 e. The van der Waals surface area contributed by atoms with Crippen LogP contribution in [0.15, 0.2) is 59.7 Å². The van der Waals surface area contributed by atoms with Gasteiger partial charge in [0.25, 0.3) is 5.56 Å². The smallest absolute Gasteiger partial charge is 0.261 e. The Balaban J connectivity index is 1.39. The SMILES string of the molecule is Cc1ccc2c(=O)n(CC3(O)CCN(C(=O)C[C@@H](C)c4ccccc4)CC3)cnc2c1. The van der Waals surface area contributed by atoms with Crippen LogP contribution in [0, 0.1) is 6.92 Å². The fourth-order valence-electron chi connectivity index (χ4n) is 4.32. The van der Waals surface area contributed by atoms with Crippen molar-refractivity contribution in [1.82, 2.24) is 14.5 Å². The Bertz CT molecular complexity index is 1130. The zero-order valence-electron chi connectivity index (χ0n) is 18.1. The van der Waals surface area contributed by atoms with Crippen LogP contribution in [-0.4, -0.2) is 44.2 Å². The number of fused-ring (bicyclic) bond motifs is 1. The van der Waals surface area contributed by atoms with E-state index in [1.165, 1.54) is 10.9 Å². The number of carbonyl (C=O) groups excluding carboxylic acids is 1. The summed E-state index contributed by atoms with van der Waals surface area (Å²) in [4.78, 5) is 31.8. The number of nitrogens with zero attached hydrogens (tertiary/aromatic N) is 3. The number of aromatic nitrogens is 2. The van der Waals surface area contributed by atoms with Gasteiger partial charge in [-0.2, -0.15) is 0 Å². The molecule has 1 atom stereocenters. The molecule has 0 unspecified atom stereocenters. The van der Waals surface area contributed by atoms with Crippen LogP contribution < -0.4 is 5.56 Å². The first-order chi connectivity index (χ1) is 14.8. The van der Waals surface area contributed by atoms with Gasteiger partial charge >= 0.3 is 0 Å². The first-order valence-electron chi connectivity index (χ1n) is 10.9. The Morgan fingerprint density at radius 2 is 1.87 bits per heavy atom. The summed E-state index contributed by atoms with van der Waals surface area (Å²) in [5.74, 6) is 0.263. The molecule has 2 heterocycles. The molecule has 0 saturated carbocycles. The zero-order valence-corrected chi connectivity index (χ0v) is 18.1. The summed E-state index contributed by atoms with van der Waals surface area (Å²) >= 11 is 0. The van der Waals surface area contributed by atoms with E-state index in [2.05, 4.69) is 11.9 Å². The molecule has 0 bridgehead atoms. The molecule has 1 amide bonds. The molecule has 0 spiro atoms. The third-order valence-electron chi connectivity index (χ3n) is 6.34. The largest absolute Gasteiger partial charge is 0.388 e. The Morgan fingerprint density at radius 1 is 1.16 bits per heavy atom. The standard InChI is InChI=1S/C25H29N3O3/c1-18-8-9-21-22(14-18)26-17-28(24(21)30)16-25(31)10-12-27(13-11-25)23(29)15-19(2)20-6-4-3-5-7-20/h3-9,14,17,19,31H,10-13,15-16H2,1-2H3/t19-/m1/s1. The molecule has 0 radical (unpaired) electrons. The van der Waals surface area contributed by atoms with Gasteiger partial charge in [-0.05, 0) is 48.9 Å². The lowest BCUT2D eigenvalue weighted by atomic mass is 9.90. The maximum Gasteiger partial charge on any atom is 0.261 e. The molecular weight excluding hydrogens is 390 g/mol. The van der Waals surface area contributed by atoms with E-state index in [-0.39, 0.29) is 23.9 Å². The van der Waals surface area contributed by atoms with E-state index in [4.69, 9.17) is 0 Å². The van der Waals surface area contributed by atoms with Gasteiger partial charge in [0.1, 0.15) is 0 Å². The van der Waals surface area contributed by atoms with Crippen molar-refractivity contribution in [2.45, 2.75) is 51.2 Å². The lowest BCUT2D eigenvalue weighted by Gasteiger charge is -2.38. The van der Waals surface area contributed by atoms with Crippen molar-refractivity contribution in [3.63, 3.8) is 0 Å². The van der Waals surface area contributed by atoms with Crippen LogP contribution in [-0.2, 0) is 11.3 Å². The summed E-state index contributed by atoms with van der Waals surface area (Å²) in [6.45, 7) is 5.20. The maximum atomic E-state index is 12.8. The number of hydrogen-bond donors (Lipinski definition) is 1. The third kappa shape index (κ3) is 4.69. The van der Waals surface area contributed by atoms with Crippen LogP contribution in [0.1, 0.15) is 43.2 Å². The first-order valence-corrected chi connectivity index (χ1v) is 10.9. The highest BCUT2D eigenvalue weighted by molar-refractivity contribution is 5.78. The van der Waals surface area contributed by atoms with Crippen LogP contribution in [0.3, 0.4) is 0 Å². The van der Waals surface area contributed by atoms with Crippen molar-refractivity contribution in [2.75, 3.05) is 13.1 Å². The van der Waals surface area contributed by atoms with Crippen LogP contribution in [0.2, 0.25) is 0 Å². The second kappa shape index (κ2) is 8.63. The summed E-state index contributed by atoms with van der Waals surface area (Å²) in [7, 11) is 0. The lowest BCUT2D eigenvalue weighted by molar-refractivity contribution is -0.136. The maximum absolute atomic E-state index is 12.8. The van der Waals surface area contributed by atoms with Gasteiger partial charge in [0.05, 0.1) is 29.4 Å². The average molecular weight is 420 g/mol. The molecule has 0 aliphatic carbocycles. The fourth-order valence-corrected chi connectivity index (χ4v) is 4.32. The van der Waals surface area contributed by atoms with Crippen molar-refractivity contribution in [2.24, 2.45) is 0 Å². The van der Waals surface area contributed by atoms with Crippen LogP contribution >= 0.6 is 0 Å². The number of amides is 1. The van der Waals surface area contributed by atoms with Crippen molar-refractivity contribution in [3.05, 3.63) is 76.3 Å². The molecule has 1 saturated heterocycles. The molecule has 2 aromatic carbocycles. The van der Waals surface area contributed by atoms with Gasteiger partial charge in [-0.1, -0.05) is 43.3 Å². The Morgan fingerprint density at radius 3 is 2.58 bits per heavy atom. The second-order valence-electron chi connectivity index (χ2n) is 8.82. The molecular formula is C25H29N3O3. The minimum absolute atomic E-state index is 0.110. The summed E-state index contributed by atoms with van der Waals surface area (Å²) in [5.41, 5.74) is 1.71. The number of carbonyl (C=O) groups is 1. The van der Waals surface area contributed by atoms with E-state index in [1.54, 1.807) is 6.07 Å². The number of aryl methyl sites for hydroxylation is 1. The van der Waals surface area contributed by atoms with E-state index < -0.39 is 5.60 Å². The van der Waals surface area contributed by atoms with Crippen LogP contribution in [0.25, 0.3) is 10.9 Å². The van der Waals surface area contributed by atoms with E-state index >= 15 is 0 Å². The molecule has 1 aliphatic rings. The quantitative estimate of drug-likeness (QED) is 0.689. The highest BCUT2D eigenvalue weighted by Gasteiger charge is 2.35. The number of piperidine rings is 1. The highest BCUT2D eigenvalue weighted by atomic mass is 16.3. The predicted octanol–water partition coefficient (Wildman–Crippen LogP) is 3.25. The summed E-state index contributed by atoms with van der Waals surface area (Å²) in [6, 6.07) is 15.6. The summed E-state index contributed by atoms with van der Waals surface area (Å²) in [6.07, 6.45) is 2.85. The number of benzene rings is 2. The van der Waals surface area contributed by atoms with Crippen LogP contribution in [0.5, 0.6) is 0 Å². The normalized spacial score (nSPS) is 16.9. The Labute approximate surface area is 182 Å². The number of likely N-dealkylation sites (tertiary alicyclic amines) is 1. The molecule has 6 heteroatoms. The van der Waals surface area contributed by atoms with Gasteiger partial charge in [0.15, 0.2) is 0 Å². The van der Waals surface area contributed by atoms with Crippen molar-refractivity contribution in [1.29, 1.82) is 0 Å². The Kier molecular flexibility index (Phi) is 5.92. The fraction of sp³-hybridized carbons (Fsp3) is 0.400. The average Bonchev–Trinajstić information content (AvgIpc) is 2.76. The summed E-state index contributed by atoms with van der Waals surface area (Å²) in [5, 5.41) is 11.7. The Hall–Kier alpha value is -2.99. The van der Waals surface area contributed by atoms with Gasteiger partial charge in [0.2, 0.25) is 5.91 Å². The van der Waals surface area contributed by atoms with Gasteiger partial charge in [-0.25, -0.2) is 4.98 Å². The molecule has 4 rings (SSSR count). The molecule has 31 heavy (non-hydrogen) atoms. The minimum atomic E-state index is -1.02. The monoisotopic (exact) mass is 419 g/mol. The highest BCUT2D eigenvalue weighted by Crippen LogP contribution is 2.26. The molecule has 3 aromatic rings. The van der Waals surface area contributed by atoms with E-state index in [1.807, 2.05) is 54.3 Å². The van der Waals surface area contributed by atoms with E-state index in [0.29, 0.717) is 43.3 Å².